The lowest BCUT2D eigenvalue weighted by molar-refractivity contribution is 0.303. The van der Waals surface area contributed by atoms with Gasteiger partial charge in [-0.3, -0.25) is 0 Å². The Labute approximate surface area is 147 Å². The maximum Gasteiger partial charge on any atom is 0.232 e. The summed E-state index contributed by atoms with van der Waals surface area (Å²) in [6, 6.07) is 15.9. The van der Waals surface area contributed by atoms with Gasteiger partial charge in [-0.05, 0) is 23.6 Å². The van der Waals surface area contributed by atoms with Gasteiger partial charge >= 0.3 is 0 Å². The normalized spacial score (nSPS) is 11.5. The molecule has 0 aliphatic heterocycles. The van der Waals surface area contributed by atoms with Gasteiger partial charge in [0.1, 0.15) is 5.75 Å². The molecule has 0 atom stereocenters. The number of para-hydroxylation sites is 1. The van der Waals surface area contributed by atoms with Gasteiger partial charge in [-0.15, -0.1) is 0 Å². The Hall–Kier alpha value is -2.66. The minimum atomic E-state index is -0.308. The van der Waals surface area contributed by atoms with Crippen LogP contribution in [0.4, 0.5) is 0 Å². The van der Waals surface area contributed by atoms with E-state index in [9.17, 15) is 0 Å². The molecule has 130 valence electrons. The summed E-state index contributed by atoms with van der Waals surface area (Å²) in [5, 5.41) is 4.14. The highest BCUT2D eigenvalue weighted by Gasteiger charge is 2.29. The number of rotatable bonds is 6. The lowest BCUT2D eigenvalue weighted by Crippen LogP contribution is -2.21. The van der Waals surface area contributed by atoms with Crippen molar-refractivity contribution in [3.63, 3.8) is 0 Å². The Morgan fingerprint density at radius 3 is 2.48 bits per heavy atom. The Balaban J connectivity index is 1.84. The van der Waals surface area contributed by atoms with Crippen LogP contribution < -0.4 is 10.5 Å². The number of ether oxygens (including phenoxy) is 1. The second-order valence-electron chi connectivity index (χ2n) is 6.70. The van der Waals surface area contributed by atoms with E-state index in [1.54, 1.807) is 7.11 Å². The molecular formula is C20H23N3O2. The van der Waals surface area contributed by atoms with Crippen molar-refractivity contribution in [3.05, 3.63) is 65.5 Å². The molecular weight excluding hydrogens is 314 g/mol. The fourth-order valence-corrected chi connectivity index (χ4v) is 2.81. The van der Waals surface area contributed by atoms with Crippen LogP contribution in [0.5, 0.6) is 5.75 Å². The summed E-state index contributed by atoms with van der Waals surface area (Å²) < 4.78 is 11.0. The van der Waals surface area contributed by atoms with Crippen molar-refractivity contribution in [3.8, 4) is 17.1 Å². The Morgan fingerprint density at radius 1 is 1.08 bits per heavy atom. The second kappa shape index (κ2) is 7.07. The molecule has 0 saturated carbocycles. The van der Waals surface area contributed by atoms with Gasteiger partial charge in [-0.1, -0.05) is 61.5 Å². The number of nitrogens with two attached hydrogens (primary N) is 1. The van der Waals surface area contributed by atoms with Gasteiger partial charge in [-0.2, -0.15) is 4.98 Å². The molecule has 0 aliphatic carbocycles. The molecule has 2 aromatic carbocycles. The molecule has 0 unspecified atom stereocenters. The van der Waals surface area contributed by atoms with Crippen LogP contribution in [0.15, 0.2) is 53.1 Å². The average molecular weight is 337 g/mol. The molecule has 3 aromatic rings. The van der Waals surface area contributed by atoms with Crippen molar-refractivity contribution in [1.82, 2.24) is 10.1 Å². The summed E-state index contributed by atoms with van der Waals surface area (Å²) in [4.78, 5) is 4.61. The molecule has 1 aromatic heterocycles. The van der Waals surface area contributed by atoms with Crippen molar-refractivity contribution in [2.45, 2.75) is 32.2 Å². The maximum absolute atomic E-state index is 5.64. The monoisotopic (exact) mass is 337 g/mol. The third kappa shape index (κ3) is 3.72. The van der Waals surface area contributed by atoms with Gasteiger partial charge < -0.3 is 15.0 Å². The average Bonchev–Trinajstić information content (AvgIpc) is 3.13. The van der Waals surface area contributed by atoms with Crippen molar-refractivity contribution in [2.75, 3.05) is 7.11 Å². The molecule has 0 radical (unpaired) electrons. The van der Waals surface area contributed by atoms with Crippen molar-refractivity contribution in [2.24, 2.45) is 5.73 Å². The highest BCUT2D eigenvalue weighted by Crippen LogP contribution is 2.31. The summed E-state index contributed by atoms with van der Waals surface area (Å²) >= 11 is 0. The smallest absolute Gasteiger partial charge is 0.232 e. The van der Waals surface area contributed by atoms with Crippen LogP contribution in [-0.4, -0.2) is 17.3 Å². The van der Waals surface area contributed by atoms with Gasteiger partial charge in [0.25, 0.3) is 0 Å². The second-order valence-corrected chi connectivity index (χ2v) is 6.70. The minimum Gasteiger partial charge on any atom is -0.496 e. The molecule has 0 spiro atoms. The zero-order valence-electron chi connectivity index (χ0n) is 14.8. The third-order valence-electron chi connectivity index (χ3n) is 4.28. The standard InChI is InChI=1S/C20H23N3O2/c1-20(2,12-16-6-4-5-7-17(16)24-3)19-22-18(23-25-19)15-10-8-14(13-21)9-11-15/h4-11H,12-13,21H2,1-3H3. The molecule has 0 bridgehead atoms. The fraction of sp³-hybridized carbons (Fsp3) is 0.300. The fourth-order valence-electron chi connectivity index (χ4n) is 2.81. The molecule has 5 nitrogen and oxygen atoms in total. The minimum absolute atomic E-state index is 0.308. The first kappa shape index (κ1) is 17.2. The van der Waals surface area contributed by atoms with E-state index >= 15 is 0 Å². The third-order valence-corrected chi connectivity index (χ3v) is 4.28. The first-order chi connectivity index (χ1) is 12.0. The number of methoxy groups -OCH3 is 1. The first-order valence-electron chi connectivity index (χ1n) is 8.29. The number of benzene rings is 2. The summed E-state index contributed by atoms with van der Waals surface area (Å²) in [6.07, 6.45) is 0.741. The van der Waals surface area contributed by atoms with Crippen molar-refractivity contribution >= 4 is 0 Å². The van der Waals surface area contributed by atoms with Gasteiger partial charge in [0.2, 0.25) is 11.7 Å². The molecule has 0 aliphatic rings. The SMILES string of the molecule is COc1ccccc1CC(C)(C)c1nc(-c2ccc(CN)cc2)no1. The highest BCUT2D eigenvalue weighted by molar-refractivity contribution is 5.54. The van der Waals surface area contributed by atoms with Crippen LogP contribution in [0.3, 0.4) is 0 Å². The molecule has 1 heterocycles. The largest absolute Gasteiger partial charge is 0.496 e. The van der Waals surface area contributed by atoms with Crippen LogP contribution in [0.1, 0.15) is 30.9 Å². The van der Waals surface area contributed by atoms with E-state index in [4.69, 9.17) is 15.0 Å². The zero-order valence-corrected chi connectivity index (χ0v) is 14.8. The van der Waals surface area contributed by atoms with Gasteiger partial charge in [0.05, 0.1) is 7.11 Å². The van der Waals surface area contributed by atoms with Crippen LogP contribution in [0.25, 0.3) is 11.4 Å². The van der Waals surface area contributed by atoms with Gasteiger partial charge in [0.15, 0.2) is 0 Å². The topological polar surface area (TPSA) is 74.2 Å². The van der Waals surface area contributed by atoms with E-state index in [1.165, 1.54) is 0 Å². The number of hydrogen-bond acceptors (Lipinski definition) is 5. The molecule has 0 saturated heterocycles. The molecule has 0 amide bonds. The lowest BCUT2D eigenvalue weighted by Gasteiger charge is -2.21. The van der Waals surface area contributed by atoms with E-state index in [0.29, 0.717) is 18.3 Å². The Morgan fingerprint density at radius 2 is 1.80 bits per heavy atom. The van der Waals surface area contributed by atoms with E-state index in [0.717, 1.165) is 28.9 Å². The van der Waals surface area contributed by atoms with Gasteiger partial charge in [-0.25, -0.2) is 0 Å². The van der Waals surface area contributed by atoms with Crippen LogP contribution in [0, 0.1) is 0 Å². The summed E-state index contributed by atoms with van der Waals surface area (Å²) in [5.74, 6) is 2.07. The highest BCUT2D eigenvalue weighted by atomic mass is 16.5. The van der Waals surface area contributed by atoms with E-state index in [-0.39, 0.29) is 5.41 Å². The predicted octanol–water partition coefficient (Wildman–Crippen LogP) is 3.72. The van der Waals surface area contributed by atoms with Crippen molar-refractivity contribution in [1.29, 1.82) is 0 Å². The summed E-state index contributed by atoms with van der Waals surface area (Å²) in [7, 11) is 1.68. The predicted molar refractivity (Wildman–Crippen MR) is 97.3 cm³/mol. The first-order valence-corrected chi connectivity index (χ1v) is 8.29. The molecule has 2 N–H and O–H groups in total. The number of aromatic nitrogens is 2. The lowest BCUT2D eigenvalue weighted by atomic mass is 9.85. The van der Waals surface area contributed by atoms with E-state index in [1.807, 2.05) is 42.5 Å². The number of hydrogen-bond donors (Lipinski definition) is 1. The van der Waals surface area contributed by atoms with Crippen LogP contribution >= 0.6 is 0 Å². The molecule has 25 heavy (non-hydrogen) atoms. The van der Waals surface area contributed by atoms with E-state index < -0.39 is 0 Å². The quantitative estimate of drug-likeness (QED) is 0.742. The molecule has 0 fully saturated rings. The summed E-state index contributed by atoms with van der Waals surface area (Å²) in [6.45, 7) is 4.70. The van der Waals surface area contributed by atoms with Crippen molar-refractivity contribution < 1.29 is 9.26 Å². The Bertz CT molecular complexity index is 838. The maximum atomic E-state index is 5.64. The number of nitrogens with zero attached hydrogens (tertiary/aromatic N) is 2. The Kier molecular flexibility index (Phi) is 4.86. The molecule has 3 rings (SSSR count). The van der Waals surface area contributed by atoms with Crippen LogP contribution in [-0.2, 0) is 18.4 Å². The van der Waals surface area contributed by atoms with E-state index in [2.05, 4.69) is 30.1 Å². The van der Waals surface area contributed by atoms with Crippen LogP contribution in [0.2, 0.25) is 0 Å². The van der Waals surface area contributed by atoms with Gasteiger partial charge in [0, 0.05) is 17.5 Å². The zero-order chi connectivity index (χ0) is 17.9. The molecule has 5 heteroatoms. The summed E-state index contributed by atoms with van der Waals surface area (Å²) in [5.41, 5.74) is 8.43.